The minimum Gasteiger partial charge on any atom is -0.466 e. The van der Waals surface area contributed by atoms with Crippen LogP contribution in [0.1, 0.15) is 39.3 Å². The van der Waals surface area contributed by atoms with Gasteiger partial charge >= 0.3 is 6.08 Å². The lowest BCUT2D eigenvalue weighted by molar-refractivity contribution is 0.0843. The van der Waals surface area contributed by atoms with Gasteiger partial charge in [0, 0.05) is 0 Å². The summed E-state index contributed by atoms with van der Waals surface area (Å²) in [6.45, 7) is 5.53. The van der Waals surface area contributed by atoms with Gasteiger partial charge in [0.1, 0.15) is 17.8 Å². The molecule has 0 saturated carbocycles. The predicted molar refractivity (Wildman–Crippen MR) is 70.8 cm³/mol. The molecule has 8 nitrogen and oxygen atoms in total. The van der Waals surface area contributed by atoms with Crippen molar-refractivity contribution in [1.29, 1.82) is 0 Å². The zero-order valence-corrected chi connectivity index (χ0v) is 11.9. The van der Waals surface area contributed by atoms with Gasteiger partial charge in [0.2, 0.25) is 0 Å². The second-order valence-electron chi connectivity index (χ2n) is 4.17. The SMILES string of the molecule is CCOc1nc(C(=O)NNC(=O)c2cc(C)oc2C)co1. The first-order valence-electron chi connectivity index (χ1n) is 6.27. The number of aryl methyl sites for hydroxylation is 2. The third-order valence-electron chi connectivity index (χ3n) is 2.56. The van der Waals surface area contributed by atoms with Gasteiger partial charge in [-0.25, -0.2) is 0 Å². The van der Waals surface area contributed by atoms with Gasteiger partial charge in [-0.05, 0) is 26.8 Å². The Morgan fingerprint density at radius 3 is 2.62 bits per heavy atom. The maximum Gasteiger partial charge on any atom is 0.394 e. The Bertz CT molecular complexity index is 659. The molecule has 0 aliphatic rings. The minimum absolute atomic E-state index is 0.00107. The molecular weight excluding hydrogens is 278 g/mol. The number of oxazole rings is 1. The quantitative estimate of drug-likeness (QED) is 0.824. The topological polar surface area (TPSA) is 107 Å². The number of nitrogens with one attached hydrogen (secondary N) is 2. The largest absolute Gasteiger partial charge is 0.466 e. The maximum absolute atomic E-state index is 11.9. The van der Waals surface area contributed by atoms with Crippen molar-refractivity contribution in [2.45, 2.75) is 20.8 Å². The molecule has 0 aromatic carbocycles. The van der Waals surface area contributed by atoms with Gasteiger partial charge in [0.15, 0.2) is 5.69 Å². The Kier molecular flexibility index (Phi) is 4.27. The second kappa shape index (κ2) is 6.12. The zero-order chi connectivity index (χ0) is 15.4. The Morgan fingerprint density at radius 1 is 1.29 bits per heavy atom. The normalized spacial score (nSPS) is 10.2. The average molecular weight is 293 g/mol. The lowest BCUT2D eigenvalue weighted by atomic mass is 10.2. The number of hydrogen-bond acceptors (Lipinski definition) is 6. The van der Waals surface area contributed by atoms with E-state index in [-0.39, 0.29) is 11.8 Å². The summed E-state index contributed by atoms with van der Waals surface area (Å²) in [7, 11) is 0. The highest BCUT2D eigenvalue weighted by molar-refractivity contribution is 5.98. The lowest BCUT2D eigenvalue weighted by Crippen LogP contribution is -2.41. The fourth-order valence-corrected chi connectivity index (χ4v) is 1.65. The number of carbonyl (C=O) groups excluding carboxylic acids is 2. The van der Waals surface area contributed by atoms with Crippen LogP contribution in [0.3, 0.4) is 0 Å². The van der Waals surface area contributed by atoms with Crippen LogP contribution in [0.5, 0.6) is 6.08 Å². The number of hydrazine groups is 1. The molecule has 2 rings (SSSR count). The van der Waals surface area contributed by atoms with Crippen molar-refractivity contribution in [3.8, 4) is 6.08 Å². The van der Waals surface area contributed by atoms with Crippen molar-refractivity contribution >= 4 is 11.8 Å². The smallest absolute Gasteiger partial charge is 0.394 e. The molecule has 21 heavy (non-hydrogen) atoms. The van der Waals surface area contributed by atoms with Crippen LogP contribution in [0.15, 0.2) is 21.2 Å². The van der Waals surface area contributed by atoms with Crippen LogP contribution in [-0.4, -0.2) is 23.4 Å². The zero-order valence-electron chi connectivity index (χ0n) is 11.9. The summed E-state index contributed by atoms with van der Waals surface area (Å²) in [5.74, 6) is -0.0108. The van der Waals surface area contributed by atoms with Crippen LogP contribution >= 0.6 is 0 Å². The maximum atomic E-state index is 11.9. The predicted octanol–water partition coefficient (Wildman–Crippen LogP) is 1.36. The summed E-state index contributed by atoms with van der Waals surface area (Å²) in [6.07, 6.45) is 1.13. The minimum atomic E-state index is -0.615. The number of hydrogen-bond donors (Lipinski definition) is 2. The molecule has 0 bridgehead atoms. The molecule has 0 aliphatic carbocycles. The van der Waals surface area contributed by atoms with Crippen molar-refractivity contribution in [1.82, 2.24) is 15.8 Å². The molecule has 0 fully saturated rings. The number of rotatable bonds is 4. The van der Waals surface area contributed by atoms with Crippen LogP contribution < -0.4 is 15.6 Å². The highest BCUT2D eigenvalue weighted by Gasteiger charge is 2.16. The Balaban J connectivity index is 1.94. The number of aromatic nitrogens is 1. The molecule has 0 unspecified atom stereocenters. The number of nitrogens with zero attached hydrogens (tertiary/aromatic N) is 1. The van der Waals surface area contributed by atoms with E-state index in [1.807, 2.05) is 0 Å². The third kappa shape index (κ3) is 3.41. The molecule has 0 radical (unpaired) electrons. The number of carbonyl (C=O) groups is 2. The Morgan fingerprint density at radius 2 is 2.00 bits per heavy atom. The van der Waals surface area contributed by atoms with Gasteiger partial charge in [-0.15, -0.1) is 0 Å². The van der Waals surface area contributed by atoms with Crippen LogP contribution in [0.25, 0.3) is 0 Å². The molecule has 2 amide bonds. The molecular formula is C13H15N3O5. The molecule has 8 heteroatoms. The van der Waals surface area contributed by atoms with Crippen molar-refractivity contribution in [3.63, 3.8) is 0 Å². The van der Waals surface area contributed by atoms with Gasteiger partial charge in [0.25, 0.3) is 11.8 Å². The van der Waals surface area contributed by atoms with E-state index < -0.39 is 11.8 Å². The van der Waals surface area contributed by atoms with Gasteiger partial charge in [0.05, 0.1) is 12.2 Å². The molecule has 112 valence electrons. The third-order valence-corrected chi connectivity index (χ3v) is 2.56. The van der Waals surface area contributed by atoms with E-state index in [1.54, 1.807) is 26.8 Å². The molecule has 0 spiro atoms. The van der Waals surface area contributed by atoms with Crippen LogP contribution in [0.2, 0.25) is 0 Å². The first kappa shape index (κ1) is 14.6. The van der Waals surface area contributed by atoms with E-state index in [2.05, 4.69) is 15.8 Å². The van der Waals surface area contributed by atoms with Crippen molar-refractivity contribution in [2.24, 2.45) is 0 Å². The van der Waals surface area contributed by atoms with E-state index in [0.717, 1.165) is 6.26 Å². The molecule has 2 heterocycles. The highest BCUT2D eigenvalue weighted by atomic mass is 16.6. The van der Waals surface area contributed by atoms with Crippen LogP contribution in [-0.2, 0) is 0 Å². The summed E-state index contributed by atoms with van der Waals surface area (Å²) in [6, 6.07) is 1.58. The molecule has 2 N–H and O–H groups in total. The Labute approximate surface area is 120 Å². The van der Waals surface area contributed by atoms with E-state index in [1.165, 1.54) is 0 Å². The first-order chi connectivity index (χ1) is 10.0. The second-order valence-corrected chi connectivity index (χ2v) is 4.17. The fraction of sp³-hybridized carbons (Fsp3) is 0.308. The van der Waals surface area contributed by atoms with Crippen molar-refractivity contribution in [2.75, 3.05) is 6.61 Å². The van der Waals surface area contributed by atoms with Gasteiger partial charge in [-0.3, -0.25) is 20.4 Å². The molecule has 2 aromatic heterocycles. The van der Waals surface area contributed by atoms with Gasteiger partial charge < -0.3 is 13.6 Å². The number of furan rings is 1. The number of ether oxygens (including phenoxy) is 1. The van der Waals surface area contributed by atoms with E-state index >= 15 is 0 Å². The summed E-state index contributed by atoms with van der Waals surface area (Å²) >= 11 is 0. The summed E-state index contributed by atoms with van der Waals surface area (Å²) < 4.78 is 15.2. The van der Waals surface area contributed by atoms with Gasteiger partial charge in [-0.2, -0.15) is 4.98 Å². The Hall–Kier alpha value is -2.77. The fourth-order valence-electron chi connectivity index (χ4n) is 1.65. The average Bonchev–Trinajstić information content (AvgIpc) is 3.03. The highest BCUT2D eigenvalue weighted by Crippen LogP contribution is 2.13. The summed E-state index contributed by atoms with van der Waals surface area (Å²) in [5.41, 5.74) is 4.85. The first-order valence-corrected chi connectivity index (χ1v) is 6.27. The van der Waals surface area contributed by atoms with Crippen LogP contribution in [0, 0.1) is 13.8 Å². The summed E-state index contributed by atoms with van der Waals surface area (Å²) in [4.78, 5) is 27.4. The molecule has 2 aromatic rings. The van der Waals surface area contributed by atoms with E-state index in [9.17, 15) is 9.59 Å². The van der Waals surface area contributed by atoms with Crippen LogP contribution in [0.4, 0.5) is 0 Å². The lowest BCUT2D eigenvalue weighted by Gasteiger charge is -2.04. The molecule has 0 saturated heterocycles. The molecule has 0 atom stereocenters. The standard InChI is InChI=1S/C13H15N3O5/c1-4-19-13-14-10(6-20-13)12(18)16-15-11(17)9-5-7(2)21-8(9)3/h5-6H,4H2,1-3H3,(H,15,17)(H,16,18). The van der Waals surface area contributed by atoms with Crippen molar-refractivity contribution in [3.05, 3.63) is 35.1 Å². The van der Waals surface area contributed by atoms with Gasteiger partial charge in [-0.1, -0.05) is 0 Å². The number of amides is 2. The van der Waals surface area contributed by atoms with E-state index in [0.29, 0.717) is 23.7 Å². The van der Waals surface area contributed by atoms with E-state index in [4.69, 9.17) is 13.6 Å². The summed E-state index contributed by atoms with van der Waals surface area (Å²) in [5, 5.41) is 0. The molecule has 0 aliphatic heterocycles. The van der Waals surface area contributed by atoms with Crippen molar-refractivity contribution < 1.29 is 23.2 Å². The monoisotopic (exact) mass is 293 g/mol.